The van der Waals surface area contributed by atoms with Crippen LogP contribution in [0.3, 0.4) is 0 Å². The molecule has 2 N–H and O–H groups in total. The maximum atomic E-state index is 13.9. The first-order valence-corrected chi connectivity index (χ1v) is 10.1. The van der Waals surface area contributed by atoms with Crippen LogP contribution in [0.25, 0.3) is 5.65 Å². The number of aromatic nitrogens is 5. The predicted molar refractivity (Wildman–Crippen MR) is 111 cm³/mol. The Hall–Kier alpha value is -3.29. The summed E-state index contributed by atoms with van der Waals surface area (Å²) in [5.41, 5.74) is -1.85. The van der Waals surface area contributed by atoms with Crippen molar-refractivity contribution >= 4 is 23.1 Å². The maximum Gasteiger partial charge on any atom is 0.437 e. The summed E-state index contributed by atoms with van der Waals surface area (Å²) < 4.78 is 69.4. The van der Waals surface area contributed by atoms with Crippen LogP contribution in [0.2, 0.25) is 0 Å². The fourth-order valence-electron chi connectivity index (χ4n) is 3.27. The Bertz CT molecular complexity index is 1120. The van der Waals surface area contributed by atoms with E-state index in [0.29, 0.717) is 6.54 Å². The molecule has 0 radical (unpaired) electrons. The van der Waals surface area contributed by atoms with Gasteiger partial charge in [0.1, 0.15) is 11.4 Å². The summed E-state index contributed by atoms with van der Waals surface area (Å²) in [6.45, 7) is 3.55. The van der Waals surface area contributed by atoms with E-state index in [2.05, 4.69) is 25.8 Å². The van der Waals surface area contributed by atoms with Gasteiger partial charge in [0.15, 0.2) is 11.3 Å². The van der Waals surface area contributed by atoms with Gasteiger partial charge >= 0.3 is 6.18 Å². The van der Waals surface area contributed by atoms with Gasteiger partial charge in [-0.1, -0.05) is 13.8 Å². The van der Waals surface area contributed by atoms with Crippen molar-refractivity contribution in [1.82, 2.24) is 29.7 Å². The lowest BCUT2D eigenvalue weighted by Gasteiger charge is -2.24. The van der Waals surface area contributed by atoms with E-state index in [1.165, 1.54) is 28.7 Å². The van der Waals surface area contributed by atoms with E-state index < -0.39 is 42.5 Å². The molecule has 4 heterocycles. The zero-order valence-corrected chi connectivity index (χ0v) is 18.1. The molecular formula is C19H23F5N8O. The zero-order valence-electron chi connectivity index (χ0n) is 18.1. The molecule has 0 spiro atoms. The molecule has 1 aliphatic rings. The lowest BCUT2D eigenvalue weighted by Crippen LogP contribution is -2.38. The molecule has 0 saturated carbocycles. The Kier molecular flexibility index (Phi) is 6.86. The largest absolute Gasteiger partial charge is 0.437 e. The standard InChI is InChI=1S/C17H17F5N8O.C2H6/c1-28-7-11(13(27-28)17(20,21)22)25-15(31)10-6-24-30-4-2-12(26-14(10)30)29-5-3-23-8-16(18,19)9-29;1-2/h2,4,6-7,23H,3,5,8-9H2,1H3,(H,25,31);1-2H3. The highest BCUT2D eigenvalue weighted by molar-refractivity contribution is 6.08. The van der Waals surface area contributed by atoms with Crippen LogP contribution in [-0.2, 0) is 13.2 Å². The first-order valence-electron chi connectivity index (χ1n) is 10.1. The Morgan fingerprint density at radius 1 is 1.27 bits per heavy atom. The Balaban J connectivity index is 0.00000149. The van der Waals surface area contributed by atoms with Gasteiger partial charge in [-0.25, -0.2) is 18.3 Å². The van der Waals surface area contributed by atoms with Crippen molar-refractivity contribution in [3.63, 3.8) is 0 Å². The molecule has 0 bridgehead atoms. The van der Waals surface area contributed by atoms with Crippen molar-refractivity contribution in [1.29, 1.82) is 0 Å². The number of anilines is 2. The number of hydrogen-bond donors (Lipinski definition) is 2. The first kappa shape index (κ1) is 24.4. The van der Waals surface area contributed by atoms with Crippen LogP contribution in [0, 0.1) is 0 Å². The molecule has 3 aromatic rings. The predicted octanol–water partition coefficient (Wildman–Crippen LogP) is 2.81. The lowest BCUT2D eigenvalue weighted by molar-refractivity contribution is -0.140. The Labute approximate surface area is 185 Å². The van der Waals surface area contributed by atoms with Crippen molar-refractivity contribution in [3.8, 4) is 0 Å². The van der Waals surface area contributed by atoms with Crippen LogP contribution in [-0.4, -0.2) is 62.4 Å². The Morgan fingerprint density at radius 3 is 2.70 bits per heavy atom. The summed E-state index contributed by atoms with van der Waals surface area (Å²) in [4.78, 5) is 18.3. The number of fused-ring (bicyclic) bond motifs is 1. The fourth-order valence-corrected chi connectivity index (χ4v) is 3.27. The number of alkyl halides is 5. The molecule has 1 amide bonds. The molecule has 1 saturated heterocycles. The first-order chi connectivity index (χ1) is 15.5. The van der Waals surface area contributed by atoms with Crippen LogP contribution in [0.5, 0.6) is 0 Å². The molecule has 0 unspecified atom stereocenters. The van der Waals surface area contributed by atoms with E-state index in [-0.39, 0.29) is 23.6 Å². The van der Waals surface area contributed by atoms with Gasteiger partial charge in [-0.3, -0.25) is 9.48 Å². The van der Waals surface area contributed by atoms with E-state index in [0.717, 1.165) is 17.1 Å². The molecule has 9 nitrogen and oxygen atoms in total. The zero-order chi connectivity index (χ0) is 24.4. The normalized spacial score (nSPS) is 16.2. The summed E-state index contributed by atoms with van der Waals surface area (Å²) in [7, 11) is 1.29. The van der Waals surface area contributed by atoms with E-state index >= 15 is 0 Å². The van der Waals surface area contributed by atoms with Crippen LogP contribution >= 0.6 is 0 Å². The molecule has 0 aliphatic carbocycles. The van der Waals surface area contributed by atoms with E-state index in [4.69, 9.17) is 0 Å². The van der Waals surface area contributed by atoms with Gasteiger partial charge in [-0.2, -0.15) is 23.4 Å². The number of aryl methyl sites for hydroxylation is 1. The average molecular weight is 474 g/mol. The summed E-state index contributed by atoms with van der Waals surface area (Å²) in [6.07, 6.45) is -1.15. The Morgan fingerprint density at radius 2 is 2.00 bits per heavy atom. The van der Waals surface area contributed by atoms with Gasteiger partial charge in [0, 0.05) is 32.5 Å². The van der Waals surface area contributed by atoms with Gasteiger partial charge in [-0.05, 0) is 6.07 Å². The minimum absolute atomic E-state index is 0.0213. The highest BCUT2D eigenvalue weighted by Crippen LogP contribution is 2.33. The monoisotopic (exact) mass is 474 g/mol. The van der Waals surface area contributed by atoms with Crippen LogP contribution in [0.15, 0.2) is 24.7 Å². The number of nitrogens with zero attached hydrogens (tertiary/aromatic N) is 6. The summed E-state index contributed by atoms with van der Waals surface area (Å²) in [5.74, 6) is -3.66. The van der Waals surface area contributed by atoms with Gasteiger partial charge in [0.2, 0.25) is 0 Å². The number of nitrogens with one attached hydrogen (secondary N) is 2. The van der Waals surface area contributed by atoms with Crippen molar-refractivity contribution in [2.45, 2.75) is 25.9 Å². The maximum absolute atomic E-state index is 13.9. The molecule has 4 rings (SSSR count). The van der Waals surface area contributed by atoms with Gasteiger partial charge in [-0.15, -0.1) is 0 Å². The number of rotatable bonds is 3. The third-order valence-corrected chi connectivity index (χ3v) is 4.63. The average Bonchev–Trinajstić information content (AvgIpc) is 3.28. The molecular weight excluding hydrogens is 451 g/mol. The number of amides is 1. The second-order valence-electron chi connectivity index (χ2n) is 7.08. The molecule has 1 fully saturated rings. The fraction of sp³-hybridized carbons (Fsp3) is 0.474. The summed E-state index contributed by atoms with van der Waals surface area (Å²) in [5, 5.41) is 12.1. The highest BCUT2D eigenvalue weighted by atomic mass is 19.4. The second-order valence-corrected chi connectivity index (χ2v) is 7.08. The minimum atomic E-state index is -4.76. The molecule has 1 aliphatic heterocycles. The van der Waals surface area contributed by atoms with Gasteiger partial charge in [0.25, 0.3) is 11.8 Å². The van der Waals surface area contributed by atoms with E-state index in [1.807, 2.05) is 13.8 Å². The minimum Gasteiger partial charge on any atom is -0.349 e. The molecule has 0 atom stereocenters. The van der Waals surface area contributed by atoms with Crippen molar-refractivity contribution in [2.24, 2.45) is 7.05 Å². The van der Waals surface area contributed by atoms with Crippen LogP contribution < -0.4 is 15.5 Å². The summed E-state index contributed by atoms with van der Waals surface area (Å²) in [6, 6.07) is 1.48. The molecule has 180 valence electrons. The van der Waals surface area contributed by atoms with E-state index in [1.54, 1.807) is 0 Å². The lowest BCUT2D eigenvalue weighted by atomic mass is 10.3. The number of hydrogen-bond acceptors (Lipinski definition) is 6. The van der Waals surface area contributed by atoms with Gasteiger partial charge in [0.05, 0.1) is 25.0 Å². The number of carbonyl (C=O) groups is 1. The van der Waals surface area contributed by atoms with Gasteiger partial charge < -0.3 is 15.5 Å². The third-order valence-electron chi connectivity index (χ3n) is 4.63. The van der Waals surface area contributed by atoms with E-state index in [9.17, 15) is 26.7 Å². The van der Waals surface area contributed by atoms with Crippen LogP contribution in [0.4, 0.5) is 33.5 Å². The molecule has 3 aromatic heterocycles. The molecule has 33 heavy (non-hydrogen) atoms. The third kappa shape index (κ3) is 5.38. The quantitative estimate of drug-likeness (QED) is 0.568. The SMILES string of the molecule is CC.Cn1cc(NC(=O)c2cnn3ccc(N4CCNCC(F)(F)C4)nc23)c(C(F)(F)F)n1. The molecule has 14 heteroatoms. The highest BCUT2D eigenvalue weighted by Gasteiger charge is 2.38. The topological polar surface area (TPSA) is 92.4 Å². The van der Waals surface area contributed by atoms with Crippen molar-refractivity contribution in [2.75, 3.05) is 36.4 Å². The summed E-state index contributed by atoms with van der Waals surface area (Å²) >= 11 is 0. The number of halogens is 5. The van der Waals surface area contributed by atoms with Crippen molar-refractivity contribution < 1.29 is 26.7 Å². The second kappa shape index (κ2) is 9.29. The molecule has 0 aromatic carbocycles. The smallest absolute Gasteiger partial charge is 0.349 e. The number of carbonyl (C=O) groups excluding carboxylic acids is 1. The van der Waals surface area contributed by atoms with Crippen LogP contribution in [0.1, 0.15) is 29.9 Å². The van der Waals surface area contributed by atoms with Crippen molar-refractivity contribution in [3.05, 3.63) is 35.9 Å².